The second kappa shape index (κ2) is 6.79. The Morgan fingerprint density at radius 1 is 1.41 bits per heavy atom. The largest absolute Gasteiger partial charge is 0.459 e. The number of likely N-dealkylation sites (N-methyl/N-ethyl adjacent to an activating group) is 1. The molecule has 0 spiro atoms. The number of carbonyl (C=O) groups excluding carboxylic acids is 2. The average Bonchev–Trinajstić information content (AvgIpc) is 3.07. The maximum atomic E-state index is 12.1. The normalized spacial score (nSPS) is 12.0. The minimum Gasteiger partial charge on any atom is -0.459 e. The van der Waals surface area contributed by atoms with E-state index in [9.17, 15) is 9.59 Å². The summed E-state index contributed by atoms with van der Waals surface area (Å²) >= 11 is 1.71. The molecule has 0 saturated heterocycles. The molecule has 0 aliphatic rings. The monoisotopic (exact) mass is 320 g/mol. The molecule has 0 bridgehead atoms. The quantitative estimate of drug-likeness (QED) is 0.921. The molecule has 2 amide bonds. The summed E-state index contributed by atoms with van der Waals surface area (Å²) < 4.78 is 5.05. The van der Waals surface area contributed by atoms with E-state index in [1.807, 2.05) is 20.8 Å². The summed E-state index contributed by atoms with van der Waals surface area (Å²) in [5.41, 5.74) is 1.12. The number of nitrogens with zero attached hydrogens (tertiary/aromatic N) is 1. The lowest BCUT2D eigenvalue weighted by molar-refractivity contribution is -0.122. The van der Waals surface area contributed by atoms with Gasteiger partial charge in [0.15, 0.2) is 5.76 Å². The Bertz CT molecular complexity index is 661. The van der Waals surface area contributed by atoms with Gasteiger partial charge in [0.25, 0.3) is 5.91 Å². The first-order valence-electron chi connectivity index (χ1n) is 7.03. The number of carbonyl (C=O) groups is 2. The zero-order valence-electron chi connectivity index (χ0n) is 13.2. The summed E-state index contributed by atoms with van der Waals surface area (Å²) in [5.74, 6) is -0.277. The molecule has 22 heavy (non-hydrogen) atoms. The lowest BCUT2D eigenvalue weighted by Crippen LogP contribution is -2.39. The molecule has 0 aromatic carbocycles. The van der Waals surface area contributed by atoms with Crippen molar-refractivity contribution in [3.05, 3.63) is 45.5 Å². The number of amides is 2. The number of furan rings is 1. The molecule has 0 fully saturated rings. The molecule has 5 nitrogen and oxygen atoms in total. The van der Waals surface area contributed by atoms with Gasteiger partial charge in [-0.05, 0) is 44.5 Å². The van der Waals surface area contributed by atoms with Gasteiger partial charge in [0, 0.05) is 16.8 Å². The van der Waals surface area contributed by atoms with Gasteiger partial charge in [-0.3, -0.25) is 9.59 Å². The smallest absolute Gasteiger partial charge is 0.289 e. The van der Waals surface area contributed by atoms with Gasteiger partial charge in [-0.1, -0.05) is 0 Å². The van der Waals surface area contributed by atoms with Crippen molar-refractivity contribution in [2.45, 2.75) is 26.8 Å². The van der Waals surface area contributed by atoms with E-state index in [0.717, 1.165) is 5.56 Å². The second-order valence-corrected chi connectivity index (χ2v) is 6.76. The fraction of sp³-hybridized carbons (Fsp3) is 0.375. The van der Waals surface area contributed by atoms with Crippen LogP contribution < -0.4 is 5.32 Å². The molecule has 1 N–H and O–H groups in total. The summed E-state index contributed by atoms with van der Waals surface area (Å²) in [7, 11) is 1.58. The molecular weight excluding hydrogens is 300 g/mol. The van der Waals surface area contributed by atoms with Crippen LogP contribution in [-0.2, 0) is 4.79 Å². The van der Waals surface area contributed by atoms with E-state index < -0.39 is 0 Å². The topological polar surface area (TPSA) is 62.6 Å². The average molecular weight is 320 g/mol. The Balaban J connectivity index is 1.92. The fourth-order valence-electron chi connectivity index (χ4n) is 2.32. The zero-order valence-corrected chi connectivity index (χ0v) is 14.0. The van der Waals surface area contributed by atoms with Crippen LogP contribution in [0.3, 0.4) is 0 Å². The molecule has 2 aromatic heterocycles. The molecule has 6 heteroatoms. The lowest BCUT2D eigenvalue weighted by Gasteiger charge is -2.18. The van der Waals surface area contributed by atoms with Crippen LogP contribution in [-0.4, -0.2) is 30.3 Å². The lowest BCUT2D eigenvalue weighted by atomic mass is 10.1. The van der Waals surface area contributed by atoms with Crippen molar-refractivity contribution in [2.24, 2.45) is 0 Å². The Morgan fingerprint density at radius 2 is 2.14 bits per heavy atom. The van der Waals surface area contributed by atoms with Crippen molar-refractivity contribution in [2.75, 3.05) is 13.6 Å². The van der Waals surface area contributed by atoms with Gasteiger partial charge in [0.1, 0.15) is 0 Å². The van der Waals surface area contributed by atoms with Crippen LogP contribution in [0.2, 0.25) is 0 Å². The second-order valence-electron chi connectivity index (χ2n) is 5.30. The van der Waals surface area contributed by atoms with E-state index >= 15 is 0 Å². The number of aryl methyl sites for hydroxylation is 2. The summed E-state index contributed by atoms with van der Waals surface area (Å²) in [6.45, 7) is 6.03. The Labute approximate surface area is 133 Å². The van der Waals surface area contributed by atoms with Gasteiger partial charge in [-0.2, -0.15) is 0 Å². The highest BCUT2D eigenvalue weighted by Gasteiger charge is 2.19. The van der Waals surface area contributed by atoms with Gasteiger partial charge >= 0.3 is 0 Å². The van der Waals surface area contributed by atoms with Crippen LogP contribution in [0.25, 0.3) is 0 Å². The van der Waals surface area contributed by atoms with Crippen molar-refractivity contribution in [3.8, 4) is 0 Å². The highest BCUT2D eigenvalue weighted by atomic mass is 32.1. The third-order valence-electron chi connectivity index (χ3n) is 3.38. The summed E-state index contributed by atoms with van der Waals surface area (Å²) in [6.07, 6.45) is 1.44. The minimum absolute atomic E-state index is 0.00790. The highest BCUT2D eigenvalue weighted by molar-refractivity contribution is 7.12. The molecule has 2 rings (SSSR count). The first kappa shape index (κ1) is 16.3. The third-order valence-corrected chi connectivity index (χ3v) is 4.36. The molecule has 1 atom stereocenters. The molecule has 0 radical (unpaired) electrons. The molecule has 2 heterocycles. The van der Waals surface area contributed by atoms with E-state index in [4.69, 9.17) is 4.42 Å². The van der Waals surface area contributed by atoms with Crippen molar-refractivity contribution in [1.82, 2.24) is 10.2 Å². The van der Waals surface area contributed by atoms with E-state index in [1.54, 1.807) is 30.5 Å². The van der Waals surface area contributed by atoms with E-state index in [1.165, 1.54) is 20.9 Å². The third kappa shape index (κ3) is 3.76. The molecule has 0 aliphatic carbocycles. The summed E-state index contributed by atoms with van der Waals surface area (Å²) in [4.78, 5) is 27.9. The predicted molar refractivity (Wildman–Crippen MR) is 86.0 cm³/mol. The molecular formula is C16H20N2O3S. The minimum atomic E-state index is -0.310. The van der Waals surface area contributed by atoms with Crippen LogP contribution in [0.15, 0.2) is 28.9 Å². The fourth-order valence-corrected chi connectivity index (χ4v) is 3.34. The van der Waals surface area contributed by atoms with Crippen LogP contribution >= 0.6 is 11.3 Å². The summed E-state index contributed by atoms with van der Waals surface area (Å²) in [5, 5.41) is 2.92. The van der Waals surface area contributed by atoms with Crippen molar-refractivity contribution in [3.63, 3.8) is 0 Å². The Kier molecular flexibility index (Phi) is 5.03. The van der Waals surface area contributed by atoms with Gasteiger partial charge in [0.2, 0.25) is 5.91 Å². The number of hydrogen-bond acceptors (Lipinski definition) is 4. The van der Waals surface area contributed by atoms with E-state index in [0.29, 0.717) is 0 Å². The number of thiophene rings is 1. The van der Waals surface area contributed by atoms with Crippen LogP contribution in [0.5, 0.6) is 0 Å². The molecule has 0 unspecified atom stereocenters. The van der Waals surface area contributed by atoms with E-state index in [-0.39, 0.29) is 30.2 Å². The van der Waals surface area contributed by atoms with Crippen molar-refractivity contribution >= 4 is 23.2 Å². The number of nitrogens with one attached hydrogen (secondary N) is 1. The highest BCUT2D eigenvalue weighted by Crippen LogP contribution is 2.26. The number of hydrogen-bond donors (Lipinski definition) is 1. The molecule has 0 saturated carbocycles. The van der Waals surface area contributed by atoms with Crippen LogP contribution in [0.4, 0.5) is 0 Å². The van der Waals surface area contributed by atoms with Crippen molar-refractivity contribution in [1.29, 1.82) is 0 Å². The molecule has 118 valence electrons. The first-order valence-corrected chi connectivity index (χ1v) is 7.85. The first-order chi connectivity index (χ1) is 10.4. The van der Waals surface area contributed by atoms with Crippen LogP contribution in [0.1, 0.15) is 38.8 Å². The number of rotatable bonds is 5. The van der Waals surface area contributed by atoms with Crippen molar-refractivity contribution < 1.29 is 14.0 Å². The maximum Gasteiger partial charge on any atom is 0.289 e. The zero-order chi connectivity index (χ0) is 16.3. The van der Waals surface area contributed by atoms with Gasteiger partial charge < -0.3 is 14.6 Å². The van der Waals surface area contributed by atoms with Gasteiger partial charge in [-0.25, -0.2) is 0 Å². The summed E-state index contributed by atoms with van der Waals surface area (Å²) in [6, 6.07) is 5.23. The molecule has 2 aromatic rings. The SMILES string of the molecule is Cc1cc([C@H](C)NC(=O)CN(C)C(=O)c2ccco2)c(C)s1. The van der Waals surface area contributed by atoms with Gasteiger partial charge in [0.05, 0.1) is 18.8 Å². The predicted octanol–water partition coefficient (Wildman–Crippen LogP) is 2.91. The van der Waals surface area contributed by atoms with Crippen LogP contribution in [0, 0.1) is 13.8 Å². The Morgan fingerprint density at radius 3 is 2.68 bits per heavy atom. The maximum absolute atomic E-state index is 12.1. The van der Waals surface area contributed by atoms with E-state index in [2.05, 4.69) is 11.4 Å². The van der Waals surface area contributed by atoms with Gasteiger partial charge in [-0.15, -0.1) is 11.3 Å². The Hall–Kier alpha value is -2.08. The molecule has 0 aliphatic heterocycles. The standard InChI is InChI=1S/C16H20N2O3S/c1-10-8-13(12(3)22-10)11(2)17-15(19)9-18(4)16(20)14-6-5-7-21-14/h5-8,11H,9H2,1-4H3,(H,17,19)/t11-/m0/s1.